The number of rotatable bonds is 4. The Bertz CT molecular complexity index is 575. The normalized spacial score (nSPS) is 25.1. The van der Waals surface area contributed by atoms with Crippen molar-refractivity contribution in [2.24, 2.45) is 5.73 Å². The average Bonchev–Trinajstić information content (AvgIpc) is 2.96. The van der Waals surface area contributed by atoms with Crippen LogP contribution >= 0.6 is 0 Å². The van der Waals surface area contributed by atoms with Gasteiger partial charge < -0.3 is 10.3 Å². The highest BCUT2D eigenvalue weighted by atomic mass is 32.2. The minimum atomic E-state index is -3.35. The van der Waals surface area contributed by atoms with Gasteiger partial charge in [0.1, 0.15) is 4.90 Å². The SMILES string of the molecule is CC1CCCN1S(=O)(=O)c1cc(CN)n(C2CC2)c1. The van der Waals surface area contributed by atoms with Crippen LogP contribution < -0.4 is 5.73 Å². The van der Waals surface area contributed by atoms with Crippen molar-refractivity contribution in [3.8, 4) is 0 Å². The maximum Gasteiger partial charge on any atom is 0.244 e. The highest BCUT2D eigenvalue weighted by Gasteiger charge is 2.35. The lowest BCUT2D eigenvalue weighted by Crippen LogP contribution is -2.33. The molecule has 0 aromatic carbocycles. The third-order valence-corrected chi connectivity index (χ3v) is 6.13. The highest BCUT2D eigenvalue weighted by Crippen LogP contribution is 2.38. The van der Waals surface area contributed by atoms with Gasteiger partial charge in [-0.1, -0.05) is 0 Å². The van der Waals surface area contributed by atoms with Crippen molar-refractivity contribution < 1.29 is 8.42 Å². The van der Waals surface area contributed by atoms with Crippen LogP contribution in [0.4, 0.5) is 0 Å². The molecule has 5 nitrogen and oxygen atoms in total. The Balaban J connectivity index is 1.96. The topological polar surface area (TPSA) is 68.3 Å². The largest absolute Gasteiger partial charge is 0.346 e. The molecule has 2 heterocycles. The van der Waals surface area contributed by atoms with Crippen molar-refractivity contribution in [2.75, 3.05) is 6.54 Å². The molecule has 0 radical (unpaired) electrons. The van der Waals surface area contributed by atoms with E-state index in [4.69, 9.17) is 5.73 Å². The standard InChI is InChI=1S/C13H21N3O2S/c1-10-3-2-6-16(10)19(17,18)13-7-12(8-14)15(9-13)11-4-5-11/h7,9-11H,2-6,8,14H2,1H3. The molecule has 0 bridgehead atoms. The van der Waals surface area contributed by atoms with Gasteiger partial charge in [-0.15, -0.1) is 0 Å². The molecule has 106 valence electrons. The molecule has 2 fully saturated rings. The number of hydrogen-bond acceptors (Lipinski definition) is 3. The first-order valence-corrected chi connectivity index (χ1v) is 8.40. The first kappa shape index (κ1) is 13.1. The number of hydrogen-bond donors (Lipinski definition) is 1. The van der Waals surface area contributed by atoms with Gasteiger partial charge in [-0.2, -0.15) is 4.31 Å². The zero-order chi connectivity index (χ0) is 13.6. The Kier molecular flexibility index (Phi) is 3.19. The molecule has 19 heavy (non-hydrogen) atoms. The summed E-state index contributed by atoms with van der Waals surface area (Å²) in [6.07, 6.45) is 5.93. The molecule has 1 aromatic rings. The van der Waals surface area contributed by atoms with E-state index in [0.717, 1.165) is 31.4 Å². The van der Waals surface area contributed by atoms with Crippen LogP contribution in [-0.4, -0.2) is 29.9 Å². The van der Waals surface area contributed by atoms with E-state index in [0.29, 0.717) is 24.0 Å². The Morgan fingerprint density at radius 2 is 2.11 bits per heavy atom. The molecule has 1 atom stereocenters. The summed E-state index contributed by atoms with van der Waals surface area (Å²) in [7, 11) is -3.35. The first-order chi connectivity index (χ1) is 9.04. The van der Waals surface area contributed by atoms with E-state index in [1.807, 2.05) is 11.5 Å². The Morgan fingerprint density at radius 1 is 1.37 bits per heavy atom. The predicted octanol–water partition coefficient (Wildman–Crippen LogP) is 1.45. The van der Waals surface area contributed by atoms with E-state index in [-0.39, 0.29) is 6.04 Å². The third-order valence-electron chi connectivity index (χ3n) is 4.15. The second-order valence-corrected chi connectivity index (χ2v) is 7.51. The fourth-order valence-corrected chi connectivity index (χ4v) is 4.64. The molecule has 0 amide bonds. The lowest BCUT2D eigenvalue weighted by Gasteiger charge is -2.19. The maximum absolute atomic E-state index is 12.6. The van der Waals surface area contributed by atoms with Crippen LogP contribution in [0.15, 0.2) is 17.2 Å². The monoisotopic (exact) mass is 283 g/mol. The first-order valence-electron chi connectivity index (χ1n) is 6.96. The molecule has 1 saturated carbocycles. The zero-order valence-corrected chi connectivity index (χ0v) is 12.1. The summed E-state index contributed by atoms with van der Waals surface area (Å²) in [4.78, 5) is 0.411. The van der Waals surface area contributed by atoms with Crippen LogP contribution in [0.3, 0.4) is 0 Å². The van der Waals surface area contributed by atoms with Crippen molar-refractivity contribution in [2.45, 2.75) is 56.1 Å². The lowest BCUT2D eigenvalue weighted by atomic mass is 10.3. The van der Waals surface area contributed by atoms with Gasteiger partial charge in [-0.25, -0.2) is 8.42 Å². The summed E-state index contributed by atoms with van der Waals surface area (Å²) < 4.78 is 29.0. The summed E-state index contributed by atoms with van der Waals surface area (Å²) in [6.45, 7) is 3.00. The summed E-state index contributed by atoms with van der Waals surface area (Å²) in [5.41, 5.74) is 6.65. The predicted molar refractivity (Wildman–Crippen MR) is 73.2 cm³/mol. The van der Waals surface area contributed by atoms with Gasteiger partial charge in [0.2, 0.25) is 10.0 Å². The quantitative estimate of drug-likeness (QED) is 0.909. The van der Waals surface area contributed by atoms with E-state index in [2.05, 4.69) is 0 Å². The van der Waals surface area contributed by atoms with Crippen LogP contribution in [0, 0.1) is 0 Å². The third kappa shape index (κ3) is 2.22. The number of sulfonamides is 1. The van der Waals surface area contributed by atoms with Crippen molar-refractivity contribution >= 4 is 10.0 Å². The maximum atomic E-state index is 12.6. The Morgan fingerprint density at radius 3 is 2.63 bits per heavy atom. The number of aromatic nitrogens is 1. The average molecular weight is 283 g/mol. The molecule has 0 spiro atoms. The van der Waals surface area contributed by atoms with Gasteiger partial charge >= 0.3 is 0 Å². The van der Waals surface area contributed by atoms with E-state index in [1.54, 1.807) is 16.6 Å². The van der Waals surface area contributed by atoms with Crippen LogP contribution in [-0.2, 0) is 16.6 Å². The number of nitrogens with zero attached hydrogens (tertiary/aromatic N) is 2. The van der Waals surface area contributed by atoms with E-state index in [1.165, 1.54) is 0 Å². The van der Waals surface area contributed by atoms with Crippen LogP contribution in [0.1, 0.15) is 44.3 Å². The second-order valence-electron chi connectivity index (χ2n) is 5.62. The van der Waals surface area contributed by atoms with Crippen LogP contribution in [0.5, 0.6) is 0 Å². The van der Waals surface area contributed by atoms with Crippen molar-refractivity contribution in [1.29, 1.82) is 0 Å². The molecule has 3 rings (SSSR count). The zero-order valence-electron chi connectivity index (χ0n) is 11.2. The summed E-state index contributed by atoms with van der Waals surface area (Å²) in [5.74, 6) is 0. The summed E-state index contributed by atoms with van der Waals surface area (Å²) >= 11 is 0. The lowest BCUT2D eigenvalue weighted by molar-refractivity contribution is 0.408. The van der Waals surface area contributed by atoms with E-state index < -0.39 is 10.0 Å². The van der Waals surface area contributed by atoms with E-state index >= 15 is 0 Å². The fourth-order valence-electron chi connectivity index (χ4n) is 2.89. The molecule has 1 aliphatic carbocycles. The van der Waals surface area contributed by atoms with Crippen LogP contribution in [0.2, 0.25) is 0 Å². The molecule has 1 aromatic heterocycles. The highest BCUT2D eigenvalue weighted by molar-refractivity contribution is 7.89. The summed E-state index contributed by atoms with van der Waals surface area (Å²) in [5, 5.41) is 0. The molecule has 1 saturated heterocycles. The molecule has 2 aliphatic rings. The minimum Gasteiger partial charge on any atom is -0.346 e. The second kappa shape index (κ2) is 4.61. The van der Waals surface area contributed by atoms with Crippen molar-refractivity contribution in [3.63, 3.8) is 0 Å². The summed E-state index contributed by atoms with van der Waals surface area (Å²) in [6, 6.07) is 2.31. The van der Waals surface area contributed by atoms with Gasteiger partial charge in [0.15, 0.2) is 0 Å². The van der Waals surface area contributed by atoms with Gasteiger partial charge in [0.25, 0.3) is 0 Å². The van der Waals surface area contributed by atoms with Crippen molar-refractivity contribution in [1.82, 2.24) is 8.87 Å². The molecular formula is C13H21N3O2S. The van der Waals surface area contributed by atoms with Gasteiger partial charge in [-0.3, -0.25) is 0 Å². The minimum absolute atomic E-state index is 0.107. The fraction of sp³-hybridized carbons (Fsp3) is 0.692. The molecule has 1 aliphatic heterocycles. The van der Waals surface area contributed by atoms with Crippen LogP contribution in [0.25, 0.3) is 0 Å². The molecule has 6 heteroatoms. The Hall–Kier alpha value is -0.850. The van der Waals surface area contributed by atoms with Gasteiger partial charge in [0.05, 0.1) is 0 Å². The molecule has 1 unspecified atom stereocenters. The Labute approximate surface area is 114 Å². The van der Waals surface area contributed by atoms with Crippen molar-refractivity contribution in [3.05, 3.63) is 18.0 Å². The smallest absolute Gasteiger partial charge is 0.244 e. The number of nitrogens with two attached hydrogens (primary N) is 1. The molecule has 2 N–H and O–H groups in total. The van der Waals surface area contributed by atoms with Gasteiger partial charge in [-0.05, 0) is 38.7 Å². The van der Waals surface area contributed by atoms with Gasteiger partial charge in [0, 0.05) is 37.1 Å². The van der Waals surface area contributed by atoms with E-state index in [9.17, 15) is 8.42 Å². The molecular weight excluding hydrogens is 262 g/mol.